The van der Waals surface area contributed by atoms with Gasteiger partial charge in [0.15, 0.2) is 0 Å². The molecule has 3 N–H and O–H groups in total. The normalized spacial score (nSPS) is 13.1. The molecule has 1 unspecified atom stereocenters. The fraction of sp³-hybridized carbons (Fsp3) is 0.400. The molecule has 4 heteroatoms. The van der Waals surface area contributed by atoms with E-state index in [2.05, 4.69) is 42.5 Å². The van der Waals surface area contributed by atoms with E-state index in [-0.39, 0.29) is 6.04 Å². The highest BCUT2D eigenvalue weighted by atomic mass is 32.2. The number of benzene rings is 1. The van der Waals surface area contributed by atoms with Gasteiger partial charge >= 0.3 is 0 Å². The minimum Gasteiger partial charge on any atom is -0.271 e. The number of hydrazine groups is 1. The molecule has 0 bridgehead atoms. The molecule has 2 rings (SSSR count). The van der Waals surface area contributed by atoms with Crippen LogP contribution in [0.5, 0.6) is 0 Å². The van der Waals surface area contributed by atoms with Crippen LogP contribution in [-0.4, -0.2) is 16.5 Å². The van der Waals surface area contributed by atoms with Crippen molar-refractivity contribution in [3.05, 3.63) is 42.2 Å². The van der Waals surface area contributed by atoms with Crippen molar-refractivity contribution in [2.24, 2.45) is 11.8 Å². The minimum absolute atomic E-state index is 0.164. The molecule has 0 spiro atoms. The molecule has 0 fully saturated rings. The summed E-state index contributed by atoms with van der Waals surface area (Å²) in [6.07, 6.45) is 3.74. The van der Waals surface area contributed by atoms with E-state index in [1.54, 1.807) is 0 Å². The summed E-state index contributed by atoms with van der Waals surface area (Å²) in [5.74, 6) is 8.56. The van der Waals surface area contributed by atoms with E-state index in [0.717, 1.165) is 11.5 Å². The molecule has 1 heterocycles. The molecule has 2 aromatic rings. The number of nitrogens with one attached hydrogen (secondary N) is 1. The molecule has 1 aromatic heterocycles. The second-order valence-corrected chi connectivity index (χ2v) is 6.17. The predicted octanol–water partition coefficient (Wildman–Crippen LogP) is 3.13. The molecule has 0 saturated heterocycles. The van der Waals surface area contributed by atoms with E-state index >= 15 is 0 Å². The molecule has 0 saturated carbocycles. The largest absolute Gasteiger partial charge is 0.271 e. The first-order chi connectivity index (χ1) is 9.22. The standard InChI is InChI=1S/C15H21N3S/c1-11(2)9-19-10-15(18-16)13-5-3-4-12-6-7-17-8-14(12)13/h3-8,11,15,18H,9-10,16H2,1-2H3. The Hall–Kier alpha value is -1.10. The Balaban J connectivity index is 2.20. The zero-order valence-electron chi connectivity index (χ0n) is 11.5. The van der Waals surface area contributed by atoms with Gasteiger partial charge in [-0.15, -0.1) is 0 Å². The number of nitrogens with two attached hydrogens (primary N) is 1. The third kappa shape index (κ3) is 3.69. The Morgan fingerprint density at radius 3 is 2.84 bits per heavy atom. The number of rotatable bonds is 6. The number of thioether (sulfide) groups is 1. The lowest BCUT2D eigenvalue weighted by atomic mass is 10.0. The molecule has 0 aliphatic rings. The first-order valence-corrected chi connectivity index (χ1v) is 7.74. The second-order valence-electron chi connectivity index (χ2n) is 5.09. The van der Waals surface area contributed by atoms with Gasteiger partial charge in [0.2, 0.25) is 0 Å². The maximum absolute atomic E-state index is 5.73. The number of hydrogen-bond acceptors (Lipinski definition) is 4. The van der Waals surface area contributed by atoms with Gasteiger partial charge in [-0.2, -0.15) is 11.8 Å². The molecule has 1 aromatic carbocycles. The molecular weight excluding hydrogens is 254 g/mol. The van der Waals surface area contributed by atoms with Crippen LogP contribution in [0, 0.1) is 5.92 Å². The van der Waals surface area contributed by atoms with Crippen molar-refractivity contribution in [2.45, 2.75) is 19.9 Å². The zero-order valence-corrected chi connectivity index (χ0v) is 12.3. The van der Waals surface area contributed by atoms with Crippen molar-refractivity contribution < 1.29 is 0 Å². The fourth-order valence-corrected chi connectivity index (χ4v) is 3.21. The summed E-state index contributed by atoms with van der Waals surface area (Å²) < 4.78 is 0. The summed E-state index contributed by atoms with van der Waals surface area (Å²) in [5.41, 5.74) is 4.16. The van der Waals surface area contributed by atoms with Crippen LogP contribution in [0.25, 0.3) is 10.8 Å². The van der Waals surface area contributed by atoms with E-state index in [4.69, 9.17) is 5.84 Å². The molecule has 0 aliphatic heterocycles. The predicted molar refractivity (Wildman–Crippen MR) is 84.0 cm³/mol. The first-order valence-electron chi connectivity index (χ1n) is 6.59. The lowest BCUT2D eigenvalue weighted by molar-refractivity contribution is 0.613. The Kier molecular flexibility index (Phi) is 5.19. The van der Waals surface area contributed by atoms with Gasteiger partial charge < -0.3 is 0 Å². The van der Waals surface area contributed by atoms with E-state index in [9.17, 15) is 0 Å². The Morgan fingerprint density at radius 2 is 2.11 bits per heavy atom. The van der Waals surface area contributed by atoms with Crippen LogP contribution in [-0.2, 0) is 0 Å². The summed E-state index contributed by atoms with van der Waals surface area (Å²) in [7, 11) is 0. The molecule has 3 nitrogen and oxygen atoms in total. The van der Waals surface area contributed by atoms with Gasteiger partial charge in [0, 0.05) is 23.5 Å². The van der Waals surface area contributed by atoms with Gasteiger partial charge in [-0.1, -0.05) is 32.0 Å². The summed E-state index contributed by atoms with van der Waals surface area (Å²) in [4.78, 5) is 4.22. The van der Waals surface area contributed by atoms with Crippen LogP contribution in [0.2, 0.25) is 0 Å². The van der Waals surface area contributed by atoms with Gasteiger partial charge in [0.05, 0.1) is 6.04 Å². The molecular formula is C15H21N3S. The number of nitrogens with zero attached hydrogens (tertiary/aromatic N) is 1. The van der Waals surface area contributed by atoms with E-state index in [1.165, 1.54) is 16.3 Å². The second kappa shape index (κ2) is 6.89. The lowest BCUT2D eigenvalue weighted by Gasteiger charge is -2.18. The van der Waals surface area contributed by atoms with Gasteiger partial charge in [-0.3, -0.25) is 16.3 Å². The maximum Gasteiger partial charge on any atom is 0.0557 e. The minimum atomic E-state index is 0.164. The van der Waals surface area contributed by atoms with Crippen molar-refractivity contribution in [3.8, 4) is 0 Å². The van der Waals surface area contributed by atoms with Crippen LogP contribution in [0.15, 0.2) is 36.7 Å². The van der Waals surface area contributed by atoms with Crippen LogP contribution in [0.1, 0.15) is 25.5 Å². The van der Waals surface area contributed by atoms with E-state index < -0.39 is 0 Å². The smallest absolute Gasteiger partial charge is 0.0557 e. The SMILES string of the molecule is CC(C)CSCC(NN)c1cccc2ccncc12. The lowest BCUT2D eigenvalue weighted by Crippen LogP contribution is -2.30. The first kappa shape index (κ1) is 14.3. The third-order valence-electron chi connectivity index (χ3n) is 3.03. The molecule has 19 heavy (non-hydrogen) atoms. The Labute approximate surface area is 119 Å². The molecule has 0 radical (unpaired) electrons. The summed E-state index contributed by atoms with van der Waals surface area (Å²) >= 11 is 1.93. The highest BCUT2D eigenvalue weighted by Gasteiger charge is 2.13. The van der Waals surface area contributed by atoms with Gasteiger partial charge in [-0.05, 0) is 28.7 Å². The van der Waals surface area contributed by atoms with Crippen molar-refractivity contribution >= 4 is 22.5 Å². The number of hydrogen-bond donors (Lipinski definition) is 2. The van der Waals surface area contributed by atoms with Gasteiger partial charge in [0.25, 0.3) is 0 Å². The Bertz CT molecular complexity index is 522. The molecule has 1 atom stereocenters. The van der Waals surface area contributed by atoms with Crippen molar-refractivity contribution in [1.29, 1.82) is 0 Å². The Morgan fingerprint density at radius 1 is 1.26 bits per heavy atom. The quantitative estimate of drug-likeness (QED) is 0.628. The van der Waals surface area contributed by atoms with Crippen molar-refractivity contribution in [3.63, 3.8) is 0 Å². The van der Waals surface area contributed by atoms with Crippen LogP contribution in [0.3, 0.4) is 0 Å². The van der Waals surface area contributed by atoms with Crippen LogP contribution in [0.4, 0.5) is 0 Å². The topological polar surface area (TPSA) is 50.9 Å². The average Bonchev–Trinajstić information content (AvgIpc) is 2.43. The maximum atomic E-state index is 5.73. The number of pyridine rings is 1. The summed E-state index contributed by atoms with van der Waals surface area (Å²) in [6, 6.07) is 8.51. The highest BCUT2D eigenvalue weighted by Crippen LogP contribution is 2.26. The summed E-state index contributed by atoms with van der Waals surface area (Å²) in [5, 5.41) is 2.39. The monoisotopic (exact) mass is 275 g/mol. The molecule has 0 amide bonds. The van der Waals surface area contributed by atoms with Crippen molar-refractivity contribution in [2.75, 3.05) is 11.5 Å². The fourth-order valence-electron chi connectivity index (χ4n) is 2.09. The number of fused-ring (bicyclic) bond motifs is 1. The zero-order chi connectivity index (χ0) is 13.7. The highest BCUT2D eigenvalue weighted by molar-refractivity contribution is 7.99. The third-order valence-corrected chi connectivity index (χ3v) is 4.50. The van der Waals surface area contributed by atoms with E-state index in [0.29, 0.717) is 5.92 Å². The molecule has 0 aliphatic carbocycles. The molecule has 102 valence electrons. The van der Waals surface area contributed by atoms with E-state index in [1.807, 2.05) is 30.2 Å². The van der Waals surface area contributed by atoms with Crippen molar-refractivity contribution in [1.82, 2.24) is 10.4 Å². The van der Waals surface area contributed by atoms with Crippen LogP contribution >= 0.6 is 11.8 Å². The van der Waals surface area contributed by atoms with Gasteiger partial charge in [-0.25, -0.2) is 0 Å². The average molecular weight is 275 g/mol. The number of aromatic nitrogens is 1. The summed E-state index contributed by atoms with van der Waals surface area (Å²) in [6.45, 7) is 4.47. The van der Waals surface area contributed by atoms with Gasteiger partial charge in [0.1, 0.15) is 0 Å². The van der Waals surface area contributed by atoms with Crippen LogP contribution < -0.4 is 11.3 Å².